The predicted molar refractivity (Wildman–Crippen MR) is 92.2 cm³/mol. The van der Waals surface area contributed by atoms with Crippen LogP contribution in [0.1, 0.15) is 15.9 Å². The van der Waals surface area contributed by atoms with E-state index in [1.54, 1.807) is 30.7 Å². The zero-order valence-corrected chi connectivity index (χ0v) is 13.6. The van der Waals surface area contributed by atoms with Gasteiger partial charge in [-0.3, -0.25) is 4.79 Å². The van der Waals surface area contributed by atoms with Crippen LogP contribution in [0.3, 0.4) is 0 Å². The molecule has 3 aromatic rings. The molecule has 2 aromatic carbocycles. The minimum absolute atomic E-state index is 0.269. The highest BCUT2D eigenvalue weighted by Gasteiger charge is 2.11. The lowest BCUT2D eigenvalue weighted by molar-refractivity contribution is 0.102. The molecule has 0 atom stereocenters. The van der Waals surface area contributed by atoms with Gasteiger partial charge in [0.25, 0.3) is 5.91 Å². The first-order chi connectivity index (χ1) is 11.1. The van der Waals surface area contributed by atoms with Crippen LogP contribution >= 0.6 is 23.2 Å². The topological polar surface area (TPSA) is 46.9 Å². The minimum atomic E-state index is -0.269. The van der Waals surface area contributed by atoms with E-state index in [2.05, 4.69) is 10.3 Å². The van der Waals surface area contributed by atoms with Crippen LogP contribution < -0.4 is 5.32 Å². The SMILES string of the molecule is O=C(Nc1ccc(Cn2ccnc2)cc1)c1ccc(Cl)cc1Cl. The maximum atomic E-state index is 12.2. The van der Waals surface area contributed by atoms with Crippen molar-refractivity contribution < 1.29 is 4.79 Å². The van der Waals surface area contributed by atoms with E-state index in [-0.39, 0.29) is 5.91 Å². The number of benzene rings is 2. The van der Waals surface area contributed by atoms with Gasteiger partial charge in [-0.2, -0.15) is 0 Å². The third kappa shape index (κ3) is 3.92. The van der Waals surface area contributed by atoms with Crippen molar-refractivity contribution in [3.05, 3.63) is 82.4 Å². The van der Waals surface area contributed by atoms with Crippen molar-refractivity contribution in [1.29, 1.82) is 0 Å². The van der Waals surface area contributed by atoms with Gasteiger partial charge in [-0.05, 0) is 35.9 Å². The van der Waals surface area contributed by atoms with Gasteiger partial charge < -0.3 is 9.88 Å². The fourth-order valence-corrected chi connectivity index (χ4v) is 2.65. The fraction of sp³-hybridized carbons (Fsp3) is 0.0588. The molecule has 3 rings (SSSR count). The molecule has 1 heterocycles. The summed E-state index contributed by atoms with van der Waals surface area (Å²) in [7, 11) is 0. The molecule has 0 aliphatic carbocycles. The highest BCUT2D eigenvalue weighted by Crippen LogP contribution is 2.22. The lowest BCUT2D eigenvalue weighted by Gasteiger charge is -2.08. The molecular weight excluding hydrogens is 333 g/mol. The fourth-order valence-electron chi connectivity index (χ4n) is 2.16. The summed E-state index contributed by atoms with van der Waals surface area (Å²) in [6.07, 6.45) is 5.40. The van der Waals surface area contributed by atoms with Gasteiger partial charge in [-0.1, -0.05) is 35.3 Å². The molecular formula is C17H13Cl2N3O. The van der Waals surface area contributed by atoms with Gasteiger partial charge in [0.2, 0.25) is 0 Å². The molecule has 1 N–H and O–H groups in total. The lowest BCUT2D eigenvalue weighted by atomic mass is 10.1. The van der Waals surface area contributed by atoms with Crippen molar-refractivity contribution in [3.8, 4) is 0 Å². The Balaban J connectivity index is 1.69. The van der Waals surface area contributed by atoms with Gasteiger partial charge in [-0.25, -0.2) is 4.98 Å². The number of hydrogen-bond acceptors (Lipinski definition) is 2. The number of rotatable bonds is 4. The predicted octanol–water partition coefficient (Wildman–Crippen LogP) is 4.49. The van der Waals surface area contributed by atoms with Crippen molar-refractivity contribution in [3.63, 3.8) is 0 Å². The Morgan fingerprint density at radius 1 is 1.13 bits per heavy atom. The van der Waals surface area contributed by atoms with Gasteiger partial charge in [0, 0.05) is 29.6 Å². The Kier molecular flexibility index (Phi) is 4.65. The number of imidazole rings is 1. The zero-order chi connectivity index (χ0) is 16.2. The largest absolute Gasteiger partial charge is 0.333 e. The molecule has 0 fully saturated rings. The van der Waals surface area contributed by atoms with Crippen molar-refractivity contribution in [2.75, 3.05) is 5.32 Å². The van der Waals surface area contributed by atoms with E-state index < -0.39 is 0 Å². The van der Waals surface area contributed by atoms with E-state index in [0.29, 0.717) is 21.3 Å². The summed E-state index contributed by atoms with van der Waals surface area (Å²) in [5.74, 6) is -0.269. The molecule has 116 valence electrons. The molecule has 1 amide bonds. The summed E-state index contributed by atoms with van der Waals surface area (Å²) in [5, 5.41) is 3.64. The first-order valence-corrected chi connectivity index (χ1v) is 7.68. The second-order valence-corrected chi connectivity index (χ2v) is 5.85. The molecule has 0 aliphatic rings. The number of carbonyl (C=O) groups is 1. The molecule has 0 bridgehead atoms. The first kappa shape index (κ1) is 15.6. The highest BCUT2D eigenvalue weighted by atomic mass is 35.5. The Hall–Kier alpha value is -2.30. The van der Waals surface area contributed by atoms with E-state index in [1.807, 2.05) is 35.0 Å². The third-order valence-corrected chi connectivity index (χ3v) is 3.86. The second-order valence-electron chi connectivity index (χ2n) is 5.01. The molecule has 0 saturated heterocycles. The molecule has 1 aromatic heterocycles. The van der Waals surface area contributed by atoms with Crippen molar-refractivity contribution >= 4 is 34.8 Å². The number of halogens is 2. The molecule has 0 saturated carbocycles. The van der Waals surface area contributed by atoms with Crippen LogP contribution in [-0.2, 0) is 6.54 Å². The van der Waals surface area contributed by atoms with E-state index in [9.17, 15) is 4.79 Å². The average molecular weight is 346 g/mol. The number of anilines is 1. The monoisotopic (exact) mass is 345 g/mol. The Labute approximate surface area is 143 Å². The van der Waals surface area contributed by atoms with Crippen LogP contribution in [0, 0.1) is 0 Å². The van der Waals surface area contributed by atoms with Crippen molar-refractivity contribution in [2.45, 2.75) is 6.54 Å². The summed E-state index contributed by atoms with van der Waals surface area (Å²) >= 11 is 11.9. The van der Waals surface area contributed by atoms with Crippen molar-refractivity contribution in [1.82, 2.24) is 9.55 Å². The molecule has 23 heavy (non-hydrogen) atoms. The van der Waals surface area contributed by atoms with Crippen LogP contribution in [0.4, 0.5) is 5.69 Å². The number of amides is 1. The van der Waals surface area contributed by atoms with E-state index >= 15 is 0 Å². The maximum Gasteiger partial charge on any atom is 0.257 e. The van der Waals surface area contributed by atoms with Crippen LogP contribution in [0.15, 0.2) is 61.2 Å². The molecule has 0 aliphatic heterocycles. The van der Waals surface area contributed by atoms with E-state index in [0.717, 1.165) is 12.1 Å². The van der Waals surface area contributed by atoms with E-state index in [1.165, 1.54) is 0 Å². The third-order valence-electron chi connectivity index (χ3n) is 3.31. The first-order valence-electron chi connectivity index (χ1n) is 6.93. The van der Waals surface area contributed by atoms with Crippen LogP contribution in [0.2, 0.25) is 10.0 Å². The van der Waals surface area contributed by atoms with Crippen LogP contribution in [0.5, 0.6) is 0 Å². The standard InChI is InChI=1S/C17H13Cl2N3O/c18-13-3-6-15(16(19)9-13)17(23)21-14-4-1-12(2-5-14)10-22-8-7-20-11-22/h1-9,11H,10H2,(H,21,23). The van der Waals surface area contributed by atoms with Gasteiger partial charge in [0.1, 0.15) is 0 Å². The lowest BCUT2D eigenvalue weighted by Crippen LogP contribution is -2.12. The number of carbonyl (C=O) groups excluding carboxylic acids is 1. The van der Waals surface area contributed by atoms with Crippen LogP contribution in [-0.4, -0.2) is 15.5 Å². The smallest absolute Gasteiger partial charge is 0.257 e. The number of hydrogen-bond donors (Lipinski definition) is 1. The maximum absolute atomic E-state index is 12.2. The second kappa shape index (κ2) is 6.86. The molecule has 6 heteroatoms. The van der Waals surface area contributed by atoms with Gasteiger partial charge in [0.15, 0.2) is 0 Å². The van der Waals surface area contributed by atoms with Crippen molar-refractivity contribution in [2.24, 2.45) is 0 Å². The average Bonchev–Trinajstić information content (AvgIpc) is 3.02. The quantitative estimate of drug-likeness (QED) is 0.757. The summed E-state index contributed by atoms with van der Waals surface area (Å²) in [6.45, 7) is 0.733. The Morgan fingerprint density at radius 2 is 1.91 bits per heavy atom. The minimum Gasteiger partial charge on any atom is -0.333 e. The van der Waals surface area contributed by atoms with Gasteiger partial charge in [0.05, 0.1) is 16.9 Å². The summed E-state index contributed by atoms with van der Waals surface area (Å²) in [4.78, 5) is 16.2. The van der Waals surface area contributed by atoms with Gasteiger partial charge in [-0.15, -0.1) is 0 Å². The molecule has 0 spiro atoms. The summed E-state index contributed by atoms with van der Waals surface area (Å²) in [6, 6.07) is 12.4. The molecule has 4 nitrogen and oxygen atoms in total. The molecule has 0 radical (unpaired) electrons. The van der Waals surface area contributed by atoms with Crippen LogP contribution in [0.25, 0.3) is 0 Å². The zero-order valence-electron chi connectivity index (χ0n) is 12.0. The number of aromatic nitrogens is 2. The Bertz CT molecular complexity index is 814. The van der Waals surface area contributed by atoms with E-state index in [4.69, 9.17) is 23.2 Å². The Morgan fingerprint density at radius 3 is 2.57 bits per heavy atom. The molecule has 0 unspecified atom stereocenters. The normalized spacial score (nSPS) is 10.5. The summed E-state index contributed by atoms with van der Waals surface area (Å²) in [5.41, 5.74) is 2.21. The van der Waals surface area contributed by atoms with Gasteiger partial charge >= 0.3 is 0 Å². The highest BCUT2D eigenvalue weighted by molar-refractivity contribution is 6.37. The number of nitrogens with zero attached hydrogens (tertiary/aromatic N) is 2. The number of nitrogens with one attached hydrogen (secondary N) is 1. The summed E-state index contributed by atoms with van der Waals surface area (Å²) < 4.78 is 1.97.